The van der Waals surface area contributed by atoms with E-state index in [4.69, 9.17) is 5.11 Å². The largest absolute Gasteiger partial charge is 0.481 e. The van der Waals surface area contributed by atoms with Crippen molar-refractivity contribution >= 4 is 5.97 Å². The van der Waals surface area contributed by atoms with E-state index < -0.39 is 29.4 Å². The smallest absolute Gasteiger partial charge is 0.308 e. The molecule has 2 atom stereocenters. The van der Waals surface area contributed by atoms with Crippen LogP contribution in [0.15, 0.2) is 12.1 Å². The van der Waals surface area contributed by atoms with E-state index in [1.807, 2.05) is 0 Å². The molecule has 0 bridgehead atoms. The zero-order valence-electron chi connectivity index (χ0n) is 9.34. The van der Waals surface area contributed by atoms with Gasteiger partial charge in [0.15, 0.2) is 0 Å². The van der Waals surface area contributed by atoms with Crippen molar-refractivity contribution < 1.29 is 18.7 Å². The fourth-order valence-corrected chi connectivity index (χ4v) is 2.23. The Morgan fingerprint density at radius 2 is 2.06 bits per heavy atom. The van der Waals surface area contributed by atoms with Crippen LogP contribution in [0.2, 0.25) is 0 Å². The molecule has 2 N–H and O–H groups in total. The van der Waals surface area contributed by atoms with Gasteiger partial charge in [-0.2, -0.15) is 0 Å². The molecule has 0 spiro atoms. The van der Waals surface area contributed by atoms with Crippen molar-refractivity contribution in [2.45, 2.75) is 12.8 Å². The number of halogens is 2. The van der Waals surface area contributed by atoms with E-state index in [9.17, 15) is 13.6 Å². The van der Waals surface area contributed by atoms with E-state index >= 15 is 0 Å². The highest BCUT2D eigenvalue weighted by Crippen LogP contribution is 2.31. The summed E-state index contributed by atoms with van der Waals surface area (Å²) in [5.74, 6) is -3.33. The van der Waals surface area contributed by atoms with E-state index in [0.29, 0.717) is 18.7 Å². The van der Waals surface area contributed by atoms with Gasteiger partial charge in [-0.15, -0.1) is 0 Å². The van der Waals surface area contributed by atoms with Gasteiger partial charge >= 0.3 is 5.97 Å². The number of carboxylic acid groups (broad SMARTS) is 1. The van der Waals surface area contributed by atoms with Gasteiger partial charge in [0.05, 0.1) is 5.92 Å². The summed E-state index contributed by atoms with van der Waals surface area (Å²) < 4.78 is 26.8. The molecule has 1 heterocycles. The molecule has 1 aliphatic rings. The van der Waals surface area contributed by atoms with Crippen molar-refractivity contribution in [1.82, 2.24) is 5.32 Å². The van der Waals surface area contributed by atoms with Crippen LogP contribution in [0.25, 0.3) is 0 Å². The second-order valence-electron chi connectivity index (χ2n) is 4.33. The lowest BCUT2D eigenvalue weighted by molar-refractivity contribution is -0.141. The van der Waals surface area contributed by atoms with Crippen molar-refractivity contribution in [2.24, 2.45) is 5.92 Å². The summed E-state index contributed by atoms with van der Waals surface area (Å²) in [4.78, 5) is 11.0. The Morgan fingerprint density at radius 1 is 1.35 bits per heavy atom. The molecule has 1 aromatic carbocycles. The molecule has 1 aliphatic heterocycles. The number of aryl methyl sites for hydroxylation is 1. The molecular weight excluding hydrogens is 228 g/mol. The topological polar surface area (TPSA) is 49.3 Å². The van der Waals surface area contributed by atoms with E-state index in [1.165, 1.54) is 13.0 Å². The number of nitrogens with one attached hydrogen (secondary N) is 1. The fourth-order valence-electron chi connectivity index (χ4n) is 2.23. The van der Waals surface area contributed by atoms with Crippen LogP contribution in [-0.2, 0) is 4.79 Å². The lowest BCUT2D eigenvalue weighted by Gasteiger charge is -2.16. The average molecular weight is 241 g/mol. The Labute approximate surface area is 97.5 Å². The summed E-state index contributed by atoms with van der Waals surface area (Å²) in [6.45, 7) is 2.26. The minimum absolute atomic E-state index is 0.279. The van der Waals surface area contributed by atoms with E-state index in [1.54, 1.807) is 0 Å². The van der Waals surface area contributed by atoms with Crippen LogP contribution in [0.3, 0.4) is 0 Å². The number of hydrogen-bond acceptors (Lipinski definition) is 2. The molecule has 0 saturated carbocycles. The van der Waals surface area contributed by atoms with E-state index in [0.717, 1.165) is 6.07 Å². The lowest BCUT2D eigenvalue weighted by atomic mass is 9.88. The van der Waals surface area contributed by atoms with Gasteiger partial charge in [-0.3, -0.25) is 4.79 Å². The Kier molecular flexibility index (Phi) is 3.11. The standard InChI is InChI=1S/C12H13F2NO2/c1-6-2-7(11(14)3-10(6)13)8-4-15-5-9(8)12(16)17/h2-3,8-9,15H,4-5H2,1H3,(H,16,17). The van der Waals surface area contributed by atoms with Crippen LogP contribution in [0.5, 0.6) is 0 Å². The Morgan fingerprint density at radius 3 is 2.71 bits per heavy atom. The minimum atomic E-state index is -0.957. The first kappa shape index (κ1) is 12.0. The first-order valence-corrected chi connectivity index (χ1v) is 5.39. The van der Waals surface area contributed by atoms with Gasteiger partial charge in [0, 0.05) is 25.1 Å². The molecule has 92 valence electrons. The molecule has 2 unspecified atom stereocenters. The lowest BCUT2D eigenvalue weighted by Crippen LogP contribution is -2.21. The molecule has 0 radical (unpaired) electrons. The maximum Gasteiger partial charge on any atom is 0.308 e. The Balaban J connectivity index is 2.40. The third-order valence-electron chi connectivity index (χ3n) is 3.21. The molecule has 0 aliphatic carbocycles. The summed E-state index contributed by atoms with van der Waals surface area (Å²) in [6, 6.07) is 2.22. The zero-order chi connectivity index (χ0) is 12.6. The molecular formula is C12H13F2NO2. The third-order valence-corrected chi connectivity index (χ3v) is 3.21. The molecule has 1 aromatic rings. The van der Waals surface area contributed by atoms with Crippen molar-refractivity contribution in [2.75, 3.05) is 13.1 Å². The predicted molar refractivity (Wildman–Crippen MR) is 57.8 cm³/mol. The van der Waals surface area contributed by atoms with Crippen LogP contribution in [0.1, 0.15) is 17.0 Å². The molecule has 17 heavy (non-hydrogen) atoms. The number of carbonyl (C=O) groups is 1. The number of aliphatic carboxylic acids is 1. The monoisotopic (exact) mass is 241 g/mol. The fraction of sp³-hybridized carbons (Fsp3) is 0.417. The molecule has 2 rings (SSSR count). The summed E-state index contributed by atoms with van der Waals surface area (Å²) in [5.41, 5.74) is 0.610. The quantitative estimate of drug-likeness (QED) is 0.828. The molecule has 0 aromatic heterocycles. The van der Waals surface area contributed by atoms with Crippen molar-refractivity contribution in [3.05, 3.63) is 34.9 Å². The van der Waals surface area contributed by atoms with Crippen molar-refractivity contribution in [3.63, 3.8) is 0 Å². The Hall–Kier alpha value is -1.49. The summed E-state index contributed by atoms with van der Waals surface area (Å²) in [6.07, 6.45) is 0. The zero-order valence-corrected chi connectivity index (χ0v) is 9.34. The highest BCUT2D eigenvalue weighted by molar-refractivity contribution is 5.72. The SMILES string of the molecule is Cc1cc(C2CNCC2C(=O)O)c(F)cc1F. The number of rotatable bonds is 2. The summed E-state index contributed by atoms with van der Waals surface area (Å²) in [5, 5.41) is 11.9. The number of carboxylic acids is 1. The van der Waals surface area contributed by atoms with Crippen molar-refractivity contribution in [1.29, 1.82) is 0 Å². The Bertz CT molecular complexity index is 462. The minimum Gasteiger partial charge on any atom is -0.481 e. The van der Waals surface area contributed by atoms with E-state index in [-0.39, 0.29) is 5.56 Å². The first-order valence-electron chi connectivity index (χ1n) is 5.39. The van der Waals surface area contributed by atoms with Gasteiger partial charge in [-0.25, -0.2) is 8.78 Å². The highest BCUT2D eigenvalue weighted by atomic mass is 19.1. The summed E-state index contributed by atoms with van der Waals surface area (Å²) >= 11 is 0. The molecule has 1 saturated heterocycles. The van der Waals surface area contributed by atoms with E-state index in [2.05, 4.69) is 5.32 Å². The molecule has 5 heteroatoms. The normalized spacial score (nSPS) is 23.9. The van der Waals surface area contributed by atoms with Crippen LogP contribution in [-0.4, -0.2) is 24.2 Å². The second kappa shape index (κ2) is 4.41. The second-order valence-corrected chi connectivity index (χ2v) is 4.33. The van der Waals surface area contributed by atoms with Crippen LogP contribution in [0.4, 0.5) is 8.78 Å². The first-order chi connectivity index (χ1) is 8.00. The van der Waals surface area contributed by atoms with Gasteiger partial charge in [-0.05, 0) is 24.1 Å². The third kappa shape index (κ3) is 2.15. The van der Waals surface area contributed by atoms with Gasteiger partial charge < -0.3 is 10.4 Å². The number of hydrogen-bond donors (Lipinski definition) is 2. The van der Waals surface area contributed by atoms with Crippen LogP contribution >= 0.6 is 0 Å². The van der Waals surface area contributed by atoms with Crippen molar-refractivity contribution in [3.8, 4) is 0 Å². The number of benzene rings is 1. The van der Waals surface area contributed by atoms with Gasteiger partial charge in [-0.1, -0.05) is 0 Å². The van der Waals surface area contributed by atoms with Gasteiger partial charge in [0.25, 0.3) is 0 Å². The summed E-state index contributed by atoms with van der Waals surface area (Å²) in [7, 11) is 0. The van der Waals surface area contributed by atoms with Gasteiger partial charge in [0.1, 0.15) is 11.6 Å². The van der Waals surface area contributed by atoms with Crippen LogP contribution in [0, 0.1) is 24.5 Å². The maximum atomic E-state index is 13.7. The molecule has 1 fully saturated rings. The highest BCUT2D eigenvalue weighted by Gasteiger charge is 2.35. The van der Waals surface area contributed by atoms with Crippen LogP contribution < -0.4 is 5.32 Å². The molecule has 3 nitrogen and oxygen atoms in total. The predicted octanol–water partition coefficient (Wildman–Crippen LogP) is 1.66. The maximum absolute atomic E-state index is 13.7. The van der Waals surface area contributed by atoms with Gasteiger partial charge in [0.2, 0.25) is 0 Å². The molecule has 0 amide bonds. The average Bonchev–Trinajstić information content (AvgIpc) is 2.72.